The molecule has 0 spiro atoms. The molecular formula is C15H26O2. The van der Waals surface area contributed by atoms with E-state index in [1.165, 1.54) is 12.8 Å². The standard InChI is InChI=1S/C15H26O2/c1-11(2)13-15(3,4)10-16-14(17-13)12-8-6-5-7-9-12/h5-6,11-14H,7-10H2,1-4H3/t12-,13-,14-/m0/s1. The van der Waals surface area contributed by atoms with Crippen LogP contribution in [0.3, 0.4) is 0 Å². The molecule has 2 nitrogen and oxygen atoms in total. The molecular weight excluding hydrogens is 212 g/mol. The van der Waals surface area contributed by atoms with Crippen LogP contribution in [0.25, 0.3) is 0 Å². The summed E-state index contributed by atoms with van der Waals surface area (Å²) in [4.78, 5) is 0. The Morgan fingerprint density at radius 1 is 1.24 bits per heavy atom. The van der Waals surface area contributed by atoms with Gasteiger partial charge in [0.2, 0.25) is 0 Å². The third-order valence-electron chi connectivity index (χ3n) is 3.97. The van der Waals surface area contributed by atoms with Crippen molar-refractivity contribution in [3.05, 3.63) is 12.2 Å². The zero-order valence-electron chi connectivity index (χ0n) is 11.6. The first-order chi connectivity index (χ1) is 8.00. The van der Waals surface area contributed by atoms with Crippen LogP contribution in [0.15, 0.2) is 12.2 Å². The molecule has 1 fully saturated rings. The Bertz CT molecular complexity index is 281. The van der Waals surface area contributed by atoms with Crippen molar-refractivity contribution in [1.29, 1.82) is 0 Å². The molecule has 0 N–H and O–H groups in total. The molecule has 17 heavy (non-hydrogen) atoms. The summed E-state index contributed by atoms with van der Waals surface area (Å²) in [5, 5.41) is 0. The lowest BCUT2D eigenvalue weighted by molar-refractivity contribution is -0.287. The molecule has 1 aliphatic heterocycles. The molecule has 2 aliphatic rings. The molecule has 2 heteroatoms. The summed E-state index contributed by atoms with van der Waals surface area (Å²) in [6.45, 7) is 9.80. The SMILES string of the molecule is CC(C)[C@@H]1O[C@@H]([C@H]2CC=CCC2)OCC1(C)C. The van der Waals surface area contributed by atoms with Gasteiger partial charge < -0.3 is 9.47 Å². The zero-order chi connectivity index (χ0) is 12.5. The lowest BCUT2D eigenvalue weighted by Crippen LogP contribution is -2.50. The maximum absolute atomic E-state index is 6.25. The Kier molecular flexibility index (Phi) is 3.94. The van der Waals surface area contributed by atoms with E-state index in [0.29, 0.717) is 17.9 Å². The van der Waals surface area contributed by atoms with Crippen molar-refractivity contribution in [1.82, 2.24) is 0 Å². The first-order valence-corrected chi connectivity index (χ1v) is 6.93. The maximum Gasteiger partial charge on any atom is 0.161 e. The third-order valence-corrected chi connectivity index (χ3v) is 3.97. The van der Waals surface area contributed by atoms with Crippen molar-refractivity contribution in [2.75, 3.05) is 6.61 Å². The van der Waals surface area contributed by atoms with Gasteiger partial charge in [0.25, 0.3) is 0 Å². The monoisotopic (exact) mass is 238 g/mol. The molecule has 0 radical (unpaired) electrons. The lowest BCUT2D eigenvalue weighted by atomic mass is 9.80. The van der Waals surface area contributed by atoms with Gasteiger partial charge >= 0.3 is 0 Å². The van der Waals surface area contributed by atoms with Gasteiger partial charge in [0, 0.05) is 11.3 Å². The maximum atomic E-state index is 6.25. The molecule has 1 aliphatic carbocycles. The van der Waals surface area contributed by atoms with Crippen molar-refractivity contribution in [2.24, 2.45) is 17.3 Å². The second kappa shape index (κ2) is 5.11. The smallest absolute Gasteiger partial charge is 0.161 e. The summed E-state index contributed by atoms with van der Waals surface area (Å²) in [7, 11) is 0. The van der Waals surface area contributed by atoms with Crippen LogP contribution in [-0.2, 0) is 9.47 Å². The number of hydrogen-bond donors (Lipinski definition) is 0. The fourth-order valence-electron chi connectivity index (χ4n) is 3.12. The highest BCUT2D eigenvalue weighted by Gasteiger charge is 2.41. The Morgan fingerprint density at radius 3 is 2.59 bits per heavy atom. The third kappa shape index (κ3) is 2.92. The van der Waals surface area contributed by atoms with Crippen LogP contribution < -0.4 is 0 Å². The second-order valence-electron chi connectivity index (χ2n) is 6.51. The number of rotatable bonds is 2. The average Bonchev–Trinajstić information content (AvgIpc) is 2.29. The molecule has 0 aromatic carbocycles. The first kappa shape index (κ1) is 13.1. The minimum absolute atomic E-state index is 0.0142. The molecule has 0 bridgehead atoms. The Labute approximate surface area is 105 Å². The van der Waals surface area contributed by atoms with Crippen molar-refractivity contribution >= 4 is 0 Å². The fraction of sp³-hybridized carbons (Fsp3) is 0.867. The van der Waals surface area contributed by atoms with Gasteiger partial charge in [-0.3, -0.25) is 0 Å². The van der Waals surface area contributed by atoms with Gasteiger partial charge in [-0.25, -0.2) is 0 Å². The number of hydrogen-bond acceptors (Lipinski definition) is 2. The molecule has 98 valence electrons. The van der Waals surface area contributed by atoms with E-state index in [-0.39, 0.29) is 11.7 Å². The Hall–Kier alpha value is -0.340. The minimum Gasteiger partial charge on any atom is -0.352 e. The Balaban J connectivity index is 2.01. The van der Waals surface area contributed by atoms with Gasteiger partial charge in [-0.15, -0.1) is 0 Å². The largest absolute Gasteiger partial charge is 0.352 e. The summed E-state index contributed by atoms with van der Waals surface area (Å²) < 4.78 is 12.2. The van der Waals surface area contributed by atoms with E-state index in [1.807, 2.05) is 0 Å². The van der Waals surface area contributed by atoms with Crippen molar-refractivity contribution in [3.63, 3.8) is 0 Å². The predicted molar refractivity (Wildman–Crippen MR) is 69.7 cm³/mol. The average molecular weight is 238 g/mol. The van der Waals surface area contributed by atoms with E-state index < -0.39 is 0 Å². The van der Waals surface area contributed by atoms with Gasteiger partial charge in [-0.05, 0) is 25.2 Å². The number of ether oxygens (including phenoxy) is 2. The van der Waals surface area contributed by atoms with Gasteiger partial charge in [-0.1, -0.05) is 39.8 Å². The Morgan fingerprint density at radius 2 is 2.00 bits per heavy atom. The predicted octanol–water partition coefficient (Wildman–Crippen LogP) is 3.77. The van der Waals surface area contributed by atoms with E-state index >= 15 is 0 Å². The van der Waals surface area contributed by atoms with Crippen LogP contribution in [0.4, 0.5) is 0 Å². The van der Waals surface area contributed by atoms with E-state index in [4.69, 9.17) is 9.47 Å². The topological polar surface area (TPSA) is 18.5 Å². The molecule has 2 rings (SSSR count). The summed E-state index contributed by atoms with van der Waals surface area (Å²) in [6, 6.07) is 0. The quantitative estimate of drug-likeness (QED) is 0.682. The molecule has 0 saturated carbocycles. The van der Waals surface area contributed by atoms with E-state index in [0.717, 1.165) is 13.0 Å². The highest BCUT2D eigenvalue weighted by atomic mass is 16.7. The molecule has 1 heterocycles. The highest BCUT2D eigenvalue weighted by molar-refractivity contribution is 4.93. The van der Waals surface area contributed by atoms with Crippen molar-refractivity contribution < 1.29 is 9.47 Å². The van der Waals surface area contributed by atoms with Crippen molar-refractivity contribution in [2.45, 2.75) is 59.4 Å². The van der Waals surface area contributed by atoms with Crippen LogP contribution in [0.2, 0.25) is 0 Å². The zero-order valence-corrected chi connectivity index (χ0v) is 11.6. The van der Waals surface area contributed by atoms with E-state index in [1.54, 1.807) is 0 Å². The fourth-order valence-corrected chi connectivity index (χ4v) is 3.12. The van der Waals surface area contributed by atoms with Crippen LogP contribution in [0.5, 0.6) is 0 Å². The lowest BCUT2D eigenvalue weighted by Gasteiger charge is -2.46. The first-order valence-electron chi connectivity index (χ1n) is 6.93. The van der Waals surface area contributed by atoms with Gasteiger partial charge in [0.05, 0.1) is 12.7 Å². The molecule has 1 saturated heterocycles. The van der Waals surface area contributed by atoms with E-state index in [9.17, 15) is 0 Å². The second-order valence-corrected chi connectivity index (χ2v) is 6.51. The summed E-state index contributed by atoms with van der Waals surface area (Å²) >= 11 is 0. The van der Waals surface area contributed by atoms with Crippen molar-refractivity contribution in [3.8, 4) is 0 Å². The van der Waals surface area contributed by atoms with Crippen LogP contribution >= 0.6 is 0 Å². The molecule has 0 amide bonds. The highest BCUT2D eigenvalue weighted by Crippen LogP contribution is 2.38. The van der Waals surface area contributed by atoms with Crippen LogP contribution in [-0.4, -0.2) is 19.0 Å². The summed E-state index contributed by atoms with van der Waals surface area (Å²) in [6.07, 6.45) is 8.34. The molecule has 0 aromatic rings. The van der Waals surface area contributed by atoms with Gasteiger partial charge in [0.1, 0.15) is 0 Å². The van der Waals surface area contributed by atoms with Crippen LogP contribution in [0, 0.1) is 17.3 Å². The normalized spacial score (nSPS) is 37.4. The minimum atomic E-state index is 0.0142. The van der Waals surface area contributed by atoms with E-state index in [2.05, 4.69) is 39.8 Å². The van der Waals surface area contributed by atoms with Crippen LogP contribution in [0.1, 0.15) is 47.0 Å². The van der Waals surface area contributed by atoms with Gasteiger partial charge in [0.15, 0.2) is 6.29 Å². The summed E-state index contributed by atoms with van der Waals surface area (Å²) in [5.41, 5.74) is 0.134. The van der Waals surface area contributed by atoms with Gasteiger partial charge in [-0.2, -0.15) is 0 Å². The number of allylic oxidation sites excluding steroid dienone is 2. The molecule has 3 atom stereocenters. The summed E-state index contributed by atoms with van der Waals surface area (Å²) in [5.74, 6) is 1.10. The molecule has 0 unspecified atom stereocenters. The molecule has 0 aromatic heterocycles.